The second-order valence-electron chi connectivity index (χ2n) is 2.72. The van der Waals surface area contributed by atoms with E-state index in [2.05, 4.69) is 5.10 Å². The fourth-order valence-electron chi connectivity index (χ4n) is 0.814. The molecule has 0 N–H and O–H groups in total. The van der Waals surface area contributed by atoms with Crippen LogP contribution in [0.3, 0.4) is 0 Å². The molecule has 12 heavy (non-hydrogen) atoms. The average Bonchev–Trinajstić information content (AvgIpc) is 2.34. The van der Waals surface area contributed by atoms with Crippen molar-refractivity contribution in [3.63, 3.8) is 0 Å². The Bertz CT molecular complexity index is 281. The monoisotopic (exact) mass is 170 g/mol. The molecule has 0 amide bonds. The fraction of sp³-hybridized carbons (Fsp3) is 0.500. The van der Waals surface area contributed by atoms with Gasteiger partial charge in [-0.2, -0.15) is 5.10 Å². The van der Waals surface area contributed by atoms with Gasteiger partial charge in [-0.05, 0) is 14.1 Å². The van der Waals surface area contributed by atoms with Crippen molar-refractivity contribution in [3.8, 4) is 0 Å². The SMILES string of the molecule is CN(C)Cn1cc([N+](=O)[O-])cn1. The van der Waals surface area contributed by atoms with Gasteiger partial charge in [0, 0.05) is 0 Å². The van der Waals surface area contributed by atoms with Gasteiger partial charge in [0.25, 0.3) is 0 Å². The maximum atomic E-state index is 10.2. The quantitative estimate of drug-likeness (QED) is 0.483. The van der Waals surface area contributed by atoms with Crippen molar-refractivity contribution in [2.24, 2.45) is 0 Å². The lowest BCUT2D eigenvalue weighted by Crippen LogP contribution is -2.16. The van der Waals surface area contributed by atoms with E-state index in [9.17, 15) is 10.1 Å². The summed E-state index contributed by atoms with van der Waals surface area (Å²) in [5.74, 6) is 0. The van der Waals surface area contributed by atoms with Gasteiger partial charge in [0.1, 0.15) is 12.4 Å². The highest BCUT2D eigenvalue weighted by atomic mass is 16.6. The van der Waals surface area contributed by atoms with Crippen LogP contribution < -0.4 is 0 Å². The van der Waals surface area contributed by atoms with Gasteiger partial charge in [0.15, 0.2) is 0 Å². The Hall–Kier alpha value is -1.43. The summed E-state index contributed by atoms with van der Waals surface area (Å²) in [5, 5.41) is 14.0. The molecule has 0 saturated heterocycles. The van der Waals surface area contributed by atoms with Crippen LogP contribution in [0.2, 0.25) is 0 Å². The van der Waals surface area contributed by atoms with Crippen LogP contribution in [0.5, 0.6) is 0 Å². The first kappa shape index (κ1) is 8.66. The molecule has 66 valence electrons. The van der Waals surface area contributed by atoms with Crippen LogP contribution in [0.25, 0.3) is 0 Å². The van der Waals surface area contributed by atoms with Crippen molar-refractivity contribution >= 4 is 5.69 Å². The van der Waals surface area contributed by atoms with E-state index >= 15 is 0 Å². The summed E-state index contributed by atoms with van der Waals surface area (Å²) in [4.78, 5) is 11.7. The highest BCUT2D eigenvalue weighted by Gasteiger charge is 2.08. The molecule has 0 atom stereocenters. The Morgan fingerprint density at radius 1 is 1.75 bits per heavy atom. The van der Waals surface area contributed by atoms with Gasteiger partial charge in [0.05, 0.1) is 11.6 Å². The summed E-state index contributed by atoms with van der Waals surface area (Å²) in [6.45, 7) is 0.549. The third-order valence-corrected chi connectivity index (χ3v) is 1.26. The second kappa shape index (κ2) is 3.31. The maximum absolute atomic E-state index is 10.2. The lowest BCUT2D eigenvalue weighted by atomic mass is 10.6. The van der Waals surface area contributed by atoms with Gasteiger partial charge in [-0.1, -0.05) is 0 Å². The summed E-state index contributed by atoms with van der Waals surface area (Å²) >= 11 is 0. The van der Waals surface area contributed by atoms with Crippen LogP contribution in [0.4, 0.5) is 5.69 Å². The Morgan fingerprint density at radius 2 is 2.42 bits per heavy atom. The average molecular weight is 170 g/mol. The van der Waals surface area contributed by atoms with Crippen LogP contribution in [0.1, 0.15) is 0 Å². The van der Waals surface area contributed by atoms with Crippen LogP contribution in [0, 0.1) is 10.1 Å². The third kappa shape index (κ3) is 2.03. The Labute approximate surface area is 69.5 Å². The topological polar surface area (TPSA) is 64.2 Å². The molecule has 0 aromatic carbocycles. The predicted octanol–water partition coefficient (Wildman–Crippen LogP) is 0.310. The Morgan fingerprint density at radius 3 is 2.83 bits per heavy atom. The third-order valence-electron chi connectivity index (χ3n) is 1.26. The van der Waals surface area contributed by atoms with Gasteiger partial charge in [-0.3, -0.25) is 19.7 Å². The van der Waals surface area contributed by atoms with Gasteiger partial charge in [0.2, 0.25) is 0 Å². The van der Waals surface area contributed by atoms with Gasteiger partial charge >= 0.3 is 5.69 Å². The molecule has 0 bridgehead atoms. The smallest absolute Gasteiger partial charge is 0.291 e. The Balaban J connectivity index is 2.71. The minimum Gasteiger partial charge on any atom is -0.291 e. The number of hydrogen-bond donors (Lipinski definition) is 0. The highest BCUT2D eigenvalue weighted by molar-refractivity contribution is 5.20. The highest BCUT2D eigenvalue weighted by Crippen LogP contribution is 2.07. The van der Waals surface area contributed by atoms with E-state index in [0.29, 0.717) is 6.67 Å². The molecular formula is C6H10N4O2. The number of hydrogen-bond acceptors (Lipinski definition) is 4. The van der Waals surface area contributed by atoms with Crippen molar-refractivity contribution in [2.75, 3.05) is 14.1 Å². The molecule has 0 aliphatic heterocycles. The first-order valence-corrected chi connectivity index (χ1v) is 3.41. The number of nitro groups is 1. The molecule has 1 rings (SSSR count). The van der Waals surface area contributed by atoms with E-state index in [1.54, 1.807) is 0 Å². The molecule has 0 aliphatic carbocycles. The van der Waals surface area contributed by atoms with Crippen molar-refractivity contribution in [3.05, 3.63) is 22.5 Å². The minimum atomic E-state index is -0.459. The summed E-state index contributed by atoms with van der Waals surface area (Å²) in [6.07, 6.45) is 2.64. The maximum Gasteiger partial charge on any atom is 0.307 e. The van der Waals surface area contributed by atoms with Gasteiger partial charge in [-0.15, -0.1) is 0 Å². The zero-order chi connectivity index (χ0) is 9.14. The normalized spacial score (nSPS) is 10.6. The molecule has 0 spiro atoms. The van der Waals surface area contributed by atoms with Crippen molar-refractivity contribution in [1.29, 1.82) is 0 Å². The van der Waals surface area contributed by atoms with Crippen LogP contribution in [-0.2, 0) is 6.67 Å². The van der Waals surface area contributed by atoms with Crippen LogP contribution in [-0.4, -0.2) is 33.7 Å². The van der Waals surface area contributed by atoms with E-state index in [0.717, 1.165) is 0 Å². The summed E-state index contributed by atoms with van der Waals surface area (Å²) in [7, 11) is 3.74. The molecule has 6 heteroatoms. The van der Waals surface area contributed by atoms with Gasteiger partial charge in [-0.25, -0.2) is 0 Å². The molecule has 1 heterocycles. The first-order chi connectivity index (χ1) is 5.59. The van der Waals surface area contributed by atoms with Crippen molar-refractivity contribution in [1.82, 2.24) is 14.7 Å². The Kier molecular flexibility index (Phi) is 2.39. The van der Waals surface area contributed by atoms with Gasteiger partial charge < -0.3 is 0 Å². The molecule has 0 unspecified atom stereocenters. The lowest BCUT2D eigenvalue weighted by Gasteiger charge is -2.07. The number of rotatable bonds is 3. The van der Waals surface area contributed by atoms with E-state index < -0.39 is 4.92 Å². The molecule has 0 fully saturated rings. The van der Waals surface area contributed by atoms with E-state index in [4.69, 9.17) is 0 Å². The molecule has 0 saturated carbocycles. The van der Waals surface area contributed by atoms with Crippen LogP contribution >= 0.6 is 0 Å². The second-order valence-corrected chi connectivity index (χ2v) is 2.72. The number of aromatic nitrogens is 2. The summed E-state index contributed by atoms with van der Waals surface area (Å²) < 4.78 is 1.51. The number of nitrogens with zero attached hydrogens (tertiary/aromatic N) is 4. The lowest BCUT2D eigenvalue weighted by molar-refractivity contribution is -0.385. The molecule has 0 aliphatic rings. The molecule has 1 aromatic rings. The standard InChI is InChI=1S/C6H10N4O2/c1-8(2)5-9-4-6(3-7-9)10(11)12/h3-4H,5H2,1-2H3. The zero-order valence-corrected chi connectivity index (χ0v) is 6.97. The van der Waals surface area contributed by atoms with Crippen LogP contribution in [0.15, 0.2) is 12.4 Å². The molecular weight excluding hydrogens is 160 g/mol. The van der Waals surface area contributed by atoms with E-state index in [1.807, 2.05) is 19.0 Å². The van der Waals surface area contributed by atoms with E-state index in [1.165, 1.54) is 17.1 Å². The minimum absolute atomic E-state index is 0.0249. The largest absolute Gasteiger partial charge is 0.307 e. The summed E-state index contributed by atoms with van der Waals surface area (Å²) in [5.41, 5.74) is 0.0249. The molecule has 1 aromatic heterocycles. The van der Waals surface area contributed by atoms with Crippen molar-refractivity contribution in [2.45, 2.75) is 6.67 Å². The zero-order valence-electron chi connectivity index (χ0n) is 6.97. The summed E-state index contributed by atoms with van der Waals surface area (Å²) in [6, 6.07) is 0. The first-order valence-electron chi connectivity index (χ1n) is 3.41. The molecule has 6 nitrogen and oxygen atoms in total. The van der Waals surface area contributed by atoms with E-state index in [-0.39, 0.29) is 5.69 Å². The molecule has 0 radical (unpaired) electrons. The predicted molar refractivity (Wildman–Crippen MR) is 42.6 cm³/mol. The van der Waals surface area contributed by atoms with Crippen molar-refractivity contribution < 1.29 is 4.92 Å². The fourth-order valence-corrected chi connectivity index (χ4v) is 0.814.